The van der Waals surface area contributed by atoms with Gasteiger partial charge >= 0.3 is 0 Å². The maximum atomic E-state index is 9.64. The third-order valence-corrected chi connectivity index (χ3v) is 2.67. The smallest absolute Gasteiger partial charge is 0.160 e. The van der Waals surface area contributed by atoms with E-state index in [0.29, 0.717) is 12.4 Å². The standard InChI is InChI=1S/C15H16O3/c1-11-3-6-13(7-4-11)18-10-12-5-8-15(17-2)14(16)9-12/h3-9,16H,10H2,1-2H3. The summed E-state index contributed by atoms with van der Waals surface area (Å²) in [6, 6.07) is 13.1. The van der Waals surface area contributed by atoms with Crippen LogP contribution < -0.4 is 9.47 Å². The fourth-order valence-electron chi connectivity index (χ4n) is 1.63. The Kier molecular flexibility index (Phi) is 3.72. The number of ether oxygens (including phenoxy) is 2. The first-order valence-corrected chi connectivity index (χ1v) is 5.74. The maximum Gasteiger partial charge on any atom is 0.160 e. The summed E-state index contributed by atoms with van der Waals surface area (Å²) in [5.74, 6) is 1.41. The molecule has 0 aliphatic carbocycles. The Morgan fingerprint density at radius 3 is 2.39 bits per heavy atom. The summed E-state index contributed by atoms with van der Waals surface area (Å²) in [6.45, 7) is 2.45. The molecule has 0 aromatic heterocycles. The molecule has 0 spiro atoms. The van der Waals surface area contributed by atoms with Crippen LogP contribution in [0.4, 0.5) is 0 Å². The first-order valence-electron chi connectivity index (χ1n) is 5.74. The van der Waals surface area contributed by atoms with E-state index >= 15 is 0 Å². The highest BCUT2D eigenvalue weighted by molar-refractivity contribution is 5.41. The molecule has 94 valence electrons. The van der Waals surface area contributed by atoms with Gasteiger partial charge in [0.1, 0.15) is 12.4 Å². The minimum absolute atomic E-state index is 0.127. The topological polar surface area (TPSA) is 38.7 Å². The Morgan fingerprint density at radius 1 is 1.06 bits per heavy atom. The number of aryl methyl sites for hydroxylation is 1. The normalized spacial score (nSPS) is 10.1. The molecule has 0 aliphatic rings. The van der Waals surface area contributed by atoms with Crippen LogP contribution in [0.5, 0.6) is 17.2 Å². The summed E-state index contributed by atoms with van der Waals surface area (Å²) in [5, 5.41) is 9.64. The van der Waals surface area contributed by atoms with Crippen LogP contribution in [0.15, 0.2) is 42.5 Å². The first-order chi connectivity index (χ1) is 8.69. The maximum absolute atomic E-state index is 9.64. The lowest BCUT2D eigenvalue weighted by molar-refractivity contribution is 0.304. The van der Waals surface area contributed by atoms with Gasteiger partial charge in [0.2, 0.25) is 0 Å². The number of aromatic hydroxyl groups is 1. The van der Waals surface area contributed by atoms with Gasteiger partial charge in [-0.25, -0.2) is 0 Å². The van der Waals surface area contributed by atoms with Crippen LogP contribution in [0.3, 0.4) is 0 Å². The molecular weight excluding hydrogens is 228 g/mol. The molecule has 1 N–H and O–H groups in total. The van der Waals surface area contributed by atoms with Gasteiger partial charge in [-0.3, -0.25) is 0 Å². The molecule has 0 radical (unpaired) electrons. The number of phenols is 1. The van der Waals surface area contributed by atoms with Gasteiger partial charge < -0.3 is 14.6 Å². The summed E-state index contributed by atoms with van der Waals surface area (Å²) < 4.78 is 10.6. The van der Waals surface area contributed by atoms with Crippen molar-refractivity contribution in [2.45, 2.75) is 13.5 Å². The third kappa shape index (κ3) is 2.94. The van der Waals surface area contributed by atoms with Crippen molar-refractivity contribution in [3.05, 3.63) is 53.6 Å². The Bertz CT molecular complexity index is 518. The molecule has 18 heavy (non-hydrogen) atoms. The summed E-state index contributed by atoms with van der Waals surface area (Å²) in [4.78, 5) is 0. The first kappa shape index (κ1) is 12.3. The van der Waals surface area contributed by atoms with Gasteiger partial charge in [-0.05, 0) is 36.8 Å². The summed E-state index contributed by atoms with van der Waals surface area (Å²) in [7, 11) is 1.53. The Hall–Kier alpha value is -2.16. The van der Waals surface area contributed by atoms with Gasteiger partial charge in [0.15, 0.2) is 11.5 Å². The lowest BCUT2D eigenvalue weighted by atomic mass is 10.2. The van der Waals surface area contributed by atoms with Gasteiger partial charge in [0.05, 0.1) is 7.11 Å². The van der Waals surface area contributed by atoms with Crippen molar-refractivity contribution < 1.29 is 14.6 Å². The minimum atomic E-state index is 0.127. The molecule has 2 aromatic carbocycles. The zero-order chi connectivity index (χ0) is 13.0. The largest absolute Gasteiger partial charge is 0.504 e. The van der Waals surface area contributed by atoms with Crippen molar-refractivity contribution in [1.29, 1.82) is 0 Å². The quantitative estimate of drug-likeness (QED) is 0.897. The van der Waals surface area contributed by atoms with Crippen LogP contribution in [-0.4, -0.2) is 12.2 Å². The van der Waals surface area contributed by atoms with E-state index in [1.807, 2.05) is 37.3 Å². The van der Waals surface area contributed by atoms with E-state index < -0.39 is 0 Å². The van der Waals surface area contributed by atoms with E-state index in [2.05, 4.69) is 0 Å². The zero-order valence-electron chi connectivity index (χ0n) is 10.5. The molecule has 3 nitrogen and oxygen atoms in total. The molecule has 0 fully saturated rings. The molecule has 0 unspecified atom stereocenters. The second-order valence-electron chi connectivity index (χ2n) is 4.11. The van der Waals surface area contributed by atoms with E-state index in [1.165, 1.54) is 12.7 Å². The SMILES string of the molecule is COc1ccc(COc2ccc(C)cc2)cc1O. The van der Waals surface area contributed by atoms with E-state index in [1.54, 1.807) is 12.1 Å². The number of rotatable bonds is 4. The highest BCUT2D eigenvalue weighted by Gasteiger charge is 2.03. The van der Waals surface area contributed by atoms with Gasteiger partial charge in [0, 0.05) is 0 Å². The third-order valence-electron chi connectivity index (χ3n) is 2.67. The monoisotopic (exact) mass is 244 g/mol. The van der Waals surface area contributed by atoms with Gasteiger partial charge in [-0.1, -0.05) is 23.8 Å². The van der Waals surface area contributed by atoms with Crippen molar-refractivity contribution in [1.82, 2.24) is 0 Å². The Balaban J connectivity index is 2.02. The number of hydrogen-bond acceptors (Lipinski definition) is 3. The lowest BCUT2D eigenvalue weighted by Gasteiger charge is -2.08. The fourth-order valence-corrected chi connectivity index (χ4v) is 1.63. The van der Waals surface area contributed by atoms with E-state index in [0.717, 1.165) is 11.3 Å². The number of benzene rings is 2. The molecule has 2 aromatic rings. The molecule has 0 saturated carbocycles. The molecule has 2 rings (SSSR count). The highest BCUT2D eigenvalue weighted by Crippen LogP contribution is 2.26. The Morgan fingerprint density at radius 2 is 1.78 bits per heavy atom. The molecule has 0 amide bonds. The van der Waals surface area contributed by atoms with Crippen LogP contribution >= 0.6 is 0 Å². The average molecular weight is 244 g/mol. The summed E-state index contributed by atoms with van der Waals surface area (Å²) in [5.41, 5.74) is 2.10. The number of methoxy groups -OCH3 is 1. The lowest BCUT2D eigenvalue weighted by Crippen LogP contribution is -1.95. The predicted molar refractivity (Wildman–Crippen MR) is 70.2 cm³/mol. The molecule has 0 saturated heterocycles. The van der Waals surface area contributed by atoms with Gasteiger partial charge in [0.25, 0.3) is 0 Å². The molecule has 0 atom stereocenters. The van der Waals surface area contributed by atoms with Crippen LogP contribution in [0.1, 0.15) is 11.1 Å². The van der Waals surface area contributed by atoms with E-state index in [9.17, 15) is 5.11 Å². The highest BCUT2D eigenvalue weighted by atomic mass is 16.5. The van der Waals surface area contributed by atoms with Crippen molar-refractivity contribution >= 4 is 0 Å². The minimum Gasteiger partial charge on any atom is -0.504 e. The van der Waals surface area contributed by atoms with Crippen molar-refractivity contribution in [3.8, 4) is 17.2 Å². The van der Waals surface area contributed by atoms with E-state index in [-0.39, 0.29) is 5.75 Å². The zero-order valence-corrected chi connectivity index (χ0v) is 10.5. The summed E-state index contributed by atoms with van der Waals surface area (Å²) in [6.07, 6.45) is 0. The van der Waals surface area contributed by atoms with Crippen molar-refractivity contribution in [2.75, 3.05) is 7.11 Å². The predicted octanol–water partition coefficient (Wildman–Crippen LogP) is 3.29. The molecule has 3 heteroatoms. The molecule has 0 bridgehead atoms. The van der Waals surface area contributed by atoms with Gasteiger partial charge in [-0.2, -0.15) is 0 Å². The molecule has 0 heterocycles. The van der Waals surface area contributed by atoms with Crippen LogP contribution in [-0.2, 0) is 6.61 Å². The second kappa shape index (κ2) is 5.45. The van der Waals surface area contributed by atoms with Crippen molar-refractivity contribution in [3.63, 3.8) is 0 Å². The average Bonchev–Trinajstić information content (AvgIpc) is 2.38. The van der Waals surface area contributed by atoms with Crippen LogP contribution in [0, 0.1) is 6.92 Å². The summed E-state index contributed by atoms with van der Waals surface area (Å²) >= 11 is 0. The molecule has 0 aliphatic heterocycles. The Labute approximate surface area is 107 Å². The fraction of sp³-hybridized carbons (Fsp3) is 0.200. The molecular formula is C15H16O3. The van der Waals surface area contributed by atoms with Gasteiger partial charge in [-0.15, -0.1) is 0 Å². The van der Waals surface area contributed by atoms with Crippen LogP contribution in [0.25, 0.3) is 0 Å². The van der Waals surface area contributed by atoms with E-state index in [4.69, 9.17) is 9.47 Å². The number of phenolic OH excluding ortho intramolecular Hbond substituents is 1. The number of hydrogen-bond donors (Lipinski definition) is 1. The van der Waals surface area contributed by atoms with Crippen molar-refractivity contribution in [2.24, 2.45) is 0 Å². The second-order valence-corrected chi connectivity index (χ2v) is 4.11. The van der Waals surface area contributed by atoms with Crippen LogP contribution in [0.2, 0.25) is 0 Å².